The van der Waals surface area contributed by atoms with Gasteiger partial charge in [-0.1, -0.05) is 32.8 Å². The Bertz CT molecular complexity index is 466. The summed E-state index contributed by atoms with van der Waals surface area (Å²) in [5, 5.41) is 0. The van der Waals surface area contributed by atoms with Crippen molar-refractivity contribution in [2.75, 3.05) is 0 Å². The second kappa shape index (κ2) is 5.39. The van der Waals surface area contributed by atoms with Crippen molar-refractivity contribution in [3.8, 4) is 0 Å². The van der Waals surface area contributed by atoms with Crippen molar-refractivity contribution in [2.45, 2.75) is 33.6 Å². The molecule has 3 heteroatoms. The summed E-state index contributed by atoms with van der Waals surface area (Å²) in [4.78, 5) is 13.2. The van der Waals surface area contributed by atoms with Crippen LogP contribution in [0.15, 0.2) is 27.4 Å². The molecule has 0 atom stereocenters. The van der Waals surface area contributed by atoms with Crippen molar-refractivity contribution in [3.05, 3.63) is 34.3 Å². The van der Waals surface area contributed by atoms with E-state index >= 15 is 0 Å². The molecule has 0 fully saturated rings. The van der Waals surface area contributed by atoms with E-state index in [4.69, 9.17) is 4.42 Å². The number of benzene rings is 1. The first-order valence-electron chi connectivity index (χ1n) is 5.26. The lowest BCUT2D eigenvalue weighted by Crippen LogP contribution is -1.92. The van der Waals surface area contributed by atoms with Gasteiger partial charge in [-0.05, 0) is 24.6 Å². The molecule has 1 heterocycles. The standard InChI is InChI=1S/C8H7NO2.C4H10/c1-5-2-3-6-7(4-5)11-8(10)9-6;1-3-4-2/h2-4H,1H3,(H,9,10);3-4H2,1-2H3. The second-order valence-electron chi connectivity index (χ2n) is 3.51. The molecule has 0 aliphatic rings. The summed E-state index contributed by atoms with van der Waals surface area (Å²) in [7, 11) is 0. The largest absolute Gasteiger partial charge is 0.417 e. The van der Waals surface area contributed by atoms with Crippen LogP contribution in [0.3, 0.4) is 0 Å². The number of rotatable bonds is 1. The SMILES string of the molecule is CCCC.Cc1ccc2[nH]c(=O)oc2c1. The van der Waals surface area contributed by atoms with Gasteiger partial charge in [0.25, 0.3) is 0 Å². The molecule has 15 heavy (non-hydrogen) atoms. The summed E-state index contributed by atoms with van der Waals surface area (Å²) < 4.78 is 4.84. The predicted octanol–water partition coefficient (Wildman–Crippen LogP) is 3.24. The van der Waals surface area contributed by atoms with Crippen LogP contribution in [0, 0.1) is 6.92 Å². The van der Waals surface area contributed by atoms with Gasteiger partial charge in [-0.25, -0.2) is 4.79 Å². The average molecular weight is 207 g/mol. The van der Waals surface area contributed by atoms with Gasteiger partial charge in [0.05, 0.1) is 5.52 Å². The summed E-state index contributed by atoms with van der Waals surface area (Å²) >= 11 is 0. The van der Waals surface area contributed by atoms with E-state index in [1.54, 1.807) is 0 Å². The average Bonchev–Trinajstić information content (AvgIpc) is 2.58. The van der Waals surface area contributed by atoms with Crippen LogP contribution in [0.1, 0.15) is 32.3 Å². The van der Waals surface area contributed by atoms with Crippen LogP contribution in [0.2, 0.25) is 0 Å². The maximum atomic E-state index is 10.7. The smallest absolute Gasteiger partial charge is 0.408 e. The van der Waals surface area contributed by atoms with Crippen molar-refractivity contribution in [1.82, 2.24) is 4.98 Å². The van der Waals surface area contributed by atoms with Gasteiger partial charge in [0.2, 0.25) is 0 Å². The number of aromatic amines is 1. The molecule has 0 spiro atoms. The molecular weight excluding hydrogens is 190 g/mol. The van der Waals surface area contributed by atoms with Gasteiger partial charge in [-0.2, -0.15) is 0 Å². The number of unbranched alkanes of at least 4 members (excludes halogenated alkanes) is 1. The number of H-pyrrole nitrogens is 1. The first-order valence-corrected chi connectivity index (χ1v) is 5.26. The topological polar surface area (TPSA) is 46.0 Å². The first kappa shape index (κ1) is 11.6. The number of fused-ring (bicyclic) bond motifs is 1. The Morgan fingerprint density at radius 2 is 1.93 bits per heavy atom. The van der Waals surface area contributed by atoms with Crippen molar-refractivity contribution >= 4 is 11.1 Å². The molecule has 1 N–H and O–H groups in total. The van der Waals surface area contributed by atoms with Crippen LogP contribution in [0.25, 0.3) is 11.1 Å². The highest BCUT2D eigenvalue weighted by molar-refractivity contribution is 5.72. The molecule has 0 amide bonds. The molecule has 0 bridgehead atoms. The van der Waals surface area contributed by atoms with Crippen LogP contribution < -0.4 is 5.76 Å². The van der Waals surface area contributed by atoms with E-state index in [9.17, 15) is 4.79 Å². The summed E-state index contributed by atoms with van der Waals surface area (Å²) in [6.07, 6.45) is 2.64. The van der Waals surface area contributed by atoms with Crippen LogP contribution in [-0.4, -0.2) is 4.98 Å². The van der Waals surface area contributed by atoms with Crippen LogP contribution in [0.5, 0.6) is 0 Å². The van der Waals surface area contributed by atoms with Crippen molar-refractivity contribution in [3.63, 3.8) is 0 Å². The van der Waals surface area contributed by atoms with E-state index in [1.165, 1.54) is 12.8 Å². The molecule has 2 rings (SSSR count). The van der Waals surface area contributed by atoms with E-state index in [1.807, 2.05) is 25.1 Å². The fourth-order valence-corrected chi connectivity index (χ4v) is 1.05. The highest BCUT2D eigenvalue weighted by Gasteiger charge is 1.98. The van der Waals surface area contributed by atoms with E-state index in [0.29, 0.717) is 5.58 Å². The first-order chi connectivity index (χ1) is 7.17. The quantitative estimate of drug-likeness (QED) is 0.780. The minimum atomic E-state index is -0.398. The van der Waals surface area contributed by atoms with Gasteiger partial charge in [0.1, 0.15) is 0 Å². The zero-order chi connectivity index (χ0) is 11.3. The number of oxazole rings is 1. The molecule has 2 aromatic rings. The zero-order valence-corrected chi connectivity index (χ0v) is 9.46. The van der Waals surface area contributed by atoms with Gasteiger partial charge in [-0.15, -0.1) is 0 Å². The third-order valence-electron chi connectivity index (χ3n) is 2.08. The highest BCUT2D eigenvalue weighted by atomic mass is 16.4. The fourth-order valence-electron chi connectivity index (χ4n) is 1.05. The van der Waals surface area contributed by atoms with Crippen LogP contribution in [0.4, 0.5) is 0 Å². The van der Waals surface area contributed by atoms with Gasteiger partial charge in [-0.3, -0.25) is 4.98 Å². The summed E-state index contributed by atoms with van der Waals surface area (Å²) in [6.45, 7) is 6.31. The zero-order valence-electron chi connectivity index (χ0n) is 9.46. The minimum absolute atomic E-state index is 0.398. The number of nitrogens with one attached hydrogen (secondary N) is 1. The lowest BCUT2D eigenvalue weighted by Gasteiger charge is -1.87. The minimum Gasteiger partial charge on any atom is -0.408 e. The molecule has 0 aliphatic heterocycles. The van der Waals surface area contributed by atoms with E-state index in [2.05, 4.69) is 18.8 Å². The third-order valence-corrected chi connectivity index (χ3v) is 2.08. The summed E-state index contributed by atoms with van der Waals surface area (Å²) in [5.41, 5.74) is 2.45. The maximum absolute atomic E-state index is 10.7. The molecule has 82 valence electrons. The Hall–Kier alpha value is -1.51. The molecule has 0 aliphatic carbocycles. The van der Waals surface area contributed by atoms with Gasteiger partial charge in [0.15, 0.2) is 5.58 Å². The molecule has 1 aromatic carbocycles. The molecule has 3 nitrogen and oxygen atoms in total. The number of aromatic nitrogens is 1. The molecule has 0 saturated carbocycles. The highest BCUT2D eigenvalue weighted by Crippen LogP contribution is 2.10. The van der Waals surface area contributed by atoms with Crippen LogP contribution in [-0.2, 0) is 0 Å². The Balaban J connectivity index is 0.000000245. The molecule has 1 aromatic heterocycles. The predicted molar refractivity (Wildman–Crippen MR) is 62.2 cm³/mol. The monoisotopic (exact) mass is 207 g/mol. The van der Waals surface area contributed by atoms with Gasteiger partial charge < -0.3 is 4.42 Å². The number of aryl methyl sites for hydroxylation is 1. The Labute approximate surface area is 89.1 Å². The second-order valence-corrected chi connectivity index (χ2v) is 3.51. The van der Waals surface area contributed by atoms with Crippen molar-refractivity contribution in [2.24, 2.45) is 0 Å². The third kappa shape index (κ3) is 3.27. The summed E-state index contributed by atoms with van der Waals surface area (Å²) in [6, 6.07) is 5.58. The molecular formula is C12H17NO2. The Morgan fingerprint density at radius 1 is 1.27 bits per heavy atom. The Kier molecular flexibility index (Phi) is 4.16. The molecule has 0 unspecified atom stereocenters. The summed E-state index contributed by atoms with van der Waals surface area (Å²) in [5.74, 6) is -0.398. The van der Waals surface area contributed by atoms with Gasteiger partial charge in [0, 0.05) is 0 Å². The van der Waals surface area contributed by atoms with E-state index in [-0.39, 0.29) is 0 Å². The van der Waals surface area contributed by atoms with Crippen molar-refractivity contribution < 1.29 is 4.42 Å². The van der Waals surface area contributed by atoms with Crippen molar-refractivity contribution in [1.29, 1.82) is 0 Å². The normalized spacial score (nSPS) is 9.80. The van der Waals surface area contributed by atoms with E-state index in [0.717, 1.165) is 11.1 Å². The molecule has 0 radical (unpaired) electrons. The number of hydrogen-bond donors (Lipinski definition) is 1. The molecule has 0 saturated heterocycles. The lowest BCUT2D eigenvalue weighted by atomic mass is 10.2. The van der Waals surface area contributed by atoms with E-state index < -0.39 is 5.76 Å². The fraction of sp³-hybridized carbons (Fsp3) is 0.417. The maximum Gasteiger partial charge on any atom is 0.417 e. The van der Waals surface area contributed by atoms with Gasteiger partial charge >= 0.3 is 5.76 Å². The van der Waals surface area contributed by atoms with Crippen LogP contribution >= 0.6 is 0 Å². The Morgan fingerprint density at radius 3 is 2.53 bits per heavy atom. The number of hydrogen-bond acceptors (Lipinski definition) is 2. The lowest BCUT2D eigenvalue weighted by molar-refractivity contribution is 0.555.